The van der Waals surface area contributed by atoms with Crippen LogP contribution in [0.25, 0.3) is 11.0 Å². The Kier molecular flexibility index (Phi) is 7.98. The van der Waals surface area contributed by atoms with E-state index in [9.17, 15) is 19.1 Å². The highest BCUT2D eigenvalue weighted by molar-refractivity contribution is 6.08. The smallest absolute Gasteiger partial charge is 0.427 e. The number of benzene rings is 1. The molecule has 238 valence electrons. The van der Waals surface area contributed by atoms with E-state index >= 15 is 0 Å². The summed E-state index contributed by atoms with van der Waals surface area (Å²) >= 11 is 0. The largest absolute Gasteiger partial charge is 0.443 e. The zero-order valence-corrected chi connectivity index (χ0v) is 26.3. The van der Waals surface area contributed by atoms with Crippen LogP contribution in [0.15, 0.2) is 36.5 Å². The lowest BCUT2D eigenvalue weighted by Crippen LogP contribution is -2.44. The molecule has 0 bridgehead atoms. The van der Waals surface area contributed by atoms with Crippen molar-refractivity contribution >= 4 is 29.2 Å². The molecule has 13 heteroatoms. The van der Waals surface area contributed by atoms with Gasteiger partial charge in [0.2, 0.25) is 5.95 Å². The molecular formula is C31H39FN4O8. The van der Waals surface area contributed by atoms with E-state index in [1.165, 1.54) is 24.3 Å². The Morgan fingerprint density at radius 1 is 0.977 bits per heavy atom. The molecule has 2 aliphatic heterocycles. The van der Waals surface area contributed by atoms with Gasteiger partial charge in [0, 0.05) is 11.6 Å². The fraction of sp³-hybridized carbons (Fsp3) is 0.548. The van der Waals surface area contributed by atoms with Crippen molar-refractivity contribution in [2.75, 3.05) is 4.90 Å². The number of hydrogen-bond acceptors (Lipinski definition) is 10. The van der Waals surface area contributed by atoms with E-state index in [2.05, 4.69) is 9.97 Å². The minimum atomic E-state index is -1.16. The lowest BCUT2D eigenvalue weighted by molar-refractivity contribution is -0.207. The van der Waals surface area contributed by atoms with Crippen molar-refractivity contribution in [1.29, 1.82) is 0 Å². The maximum Gasteiger partial charge on any atom is 0.427 e. The Balaban J connectivity index is 1.57. The molecule has 2 amide bonds. The third-order valence-corrected chi connectivity index (χ3v) is 6.96. The number of aliphatic hydroxyl groups excluding tert-OH is 1. The van der Waals surface area contributed by atoms with Gasteiger partial charge in [-0.2, -0.15) is 4.98 Å². The van der Waals surface area contributed by atoms with Crippen LogP contribution in [-0.4, -0.2) is 67.1 Å². The molecule has 2 aliphatic rings. The average Bonchev–Trinajstić information content (AvgIpc) is 3.52. The molecular weight excluding hydrogens is 575 g/mol. The Bertz CT molecular complexity index is 1530. The molecule has 5 rings (SSSR count). The zero-order valence-electron chi connectivity index (χ0n) is 26.3. The van der Waals surface area contributed by atoms with Crippen molar-refractivity contribution in [1.82, 2.24) is 14.5 Å². The third-order valence-electron chi connectivity index (χ3n) is 6.96. The minimum Gasteiger partial charge on any atom is -0.443 e. The maximum atomic E-state index is 13.6. The van der Waals surface area contributed by atoms with E-state index in [1.54, 1.807) is 79.1 Å². The van der Waals surface area contributed by atoms with Gasteiger partial charge in [-0.1, -0.05) is 12.1 Å². The van der Waals surface area contributed by atoms with Crippen LogP contribution in [0.4, 0.5) is 19.9 Å². The van der Waals surface area contributed by atoms with Gasteiger partial charge in [-0.3, -0.25) is 0 Å². The minimum absolute atomic E-state index is 0.250. The molecule has 4 heterocycles. The molecule has 44 heavy (non-hydrogen) atoms. The standard InChI is InChI=1S/C31H39FN4O8/c1-16-19-14-15-35(24(19)34-26(33-16)36(27(38)43-29(2,3)4)28(39)44-30(5,6)7)25-23-22(41-31(8,9)42-23)21(40-25)20(37)17-10-12-18(32)13-11-17/h10-15,20-23,25,37H,1-9H3/t20?,21-,22-,23?,25-/m1/s1. The van der Waals surface area contributed by atoms with E-state index in [1.807, 2.05) is 0 Å². The predicted octanol–water partition coefficient (Wildman–Crippen LogP) is 5.71. The van der Waals surface area contributed by atoms with Crippen LogP contribution < -0.4 is 4.90 Å². The Morgan fingerprint density at radius 3 is 2.11 bits per heavy atom. The number of fused-ring (bicyclic) bond motifs is 2. The highest BCUT2D eigenvalue weighted by Gasteiger charge is 2.58. The first-order valence-electron chi connectivity index (χ1n) is 14.4. The summed E-state index contributed by atoms with van der Waals surface area (Å²) < 4.78 is 45.1. The first kappa shape index (κ1) is 31.8. The zero-order chi connectivity index (χ0) is 32.4. The predicted molar refractivity (Wildman–Crippen MR) is 156 cm³/mol. The second-order valence-electron chi connectivity index (χ2n) is 13.4. The number of carbonyl (C=O) groups excluding carboxylic acids is 2. The summed E-state index contributed by atoms with van der Waals surface area (Å²) in [5.41, 5.74) is -0.583. The van der Waals surface area contributed by atoms with Crippen LogP contribution in [0.5, 0.6) is 0 Å². The average molecular weight is 615 g/mol. The van der Waals surface area contributed by atoms with E-state index in [-0.39, 0.29) is 5.95 Å². The number of aryl methyl sites for hydroxylation is 1. The van der Waals surface area contributed by atoms with E-state index in [4.69, 9.17) is 23.7 Å². The summed E-state index contributed by atoms with van der Waals surface area (Å²) in [6.07, 6.45) is -4.51. The van der Waals surface area contributed by atoms with Gasteiger partial charge in [0.25, 0.3) is 0 Å². The van der Waals surface area contributed by atoms with Gasteiger partial charge in [0.15, 0.2) is 12.0 Å². The molecule has 2 saturated heterocycles. The van der Waals surface area contributed by atoms with Gasteiger partial charge in [-0.05, 0) is 86.1 Å². The summed E-state index contributed by atoms with van der Waals surface area (Å²) in [5, 5.41) is 11.9. The highest BCUT2D eigenvalue weighted by Crippen LogP contribution is 2.47. The van der Waals surface area contributed by atoms with Crippen LogP contribution in [0.2, 0.25) is 0 Å². The number of imide groups is 1. The van der Waals surface area contributed by atoms with Gasteiger partial charge in [0.1, 0.15) is 47.1 Å². The summed E-state index contributed by atoms with van der Waals surface area (Å²) in [5.74, 6) is -1.66. The molecule has 1 aromatic carbocycles. The number of ether oxygens (including phenoxy) is 5. The summed E-state index contributed by atoms with van der Waals surface area (Å²) in [7, 11) is 0. The van der Waals surface area contributed by atoms with Crippen molar-refractivity contribution in [2.45, 2.75) is 110 Å². The van der Waals surface area contributed by atoms with Gasteiger partial charge in [-0.15, -0.1) is 4.90 Å². The number of hydrogen-bond donors (Lipinski definition) is 1. The first-order valence-corrected chi connectivity index (χ1v) is 14.4. The number of amides is 2. The number of carbonyl (C=O) groups is 2. The Morgan fingerprint density at radius 2 is 1.55 bits per heavy atom. The maximum absolute atomic E-state index is 13.6. The molecule has 0 saturated carbocycles. The Hall–Kier alpha value is -3.65. The highest BCUT2D eigenvalue weighted by atomic mass is 19.1. The van der Waals surface area contributed by atoms with Gasteiger partial charge in [-0.25, -0.2) is 19.0 Å². The SMILES string of the molecule is Cc1nc(N(C(=O)OC(C)(C)C)C(=O)OC(C)(C)C)nc2c1ccn2[C@@H]1O[C@H](C(O)c2ccc(F)cc2)[C@H]2OC(C)(C)OC12. The molecule has 2 unspecified atom stereocenters. The summed E-state index contributed by atoms with van der Waals surface area (Å²) in [6.45, 7) is 15.3. The van der Waals surface area contributed by atoms with Crippen LogP contribution in [-0.2, 0) is 23.7 Å². The van der Waals surface area contributed by atoms with Gasteiger partial charge in [0.05, 0.1) is 5.69 Å². The molecule has 0 radical (unpaired) electrons. The first-order chi connectivity index (χ1) is 20.3. The molecule has 2 aromatic heterocycles. The van der Waals surface area contributed by atoms with Crippen molar-refractivity contribution in [2.24, 2.45) is 0 Å². The monoisotopic (exact) mass is 614 g/mol. The number of anilines is 1. The number of aliphatic hydroxyl groups is 1. The Labute approximate surface area is 255 Å². The lowest BCUT2D eigenvalue weighted by Gasteiger charge is -2.28. The lowest BCUT2D eigenvalue weighted by atomic mass is 9.99. The topological polar surface area (TPSA) is 134 Å². The fourth-order valence-electron chi connectivity index (χ4n) is 5.26. The second-order valence-corrected chi connectivity index (χ2v) is 13.4. The fourth-order valence-corrected chi connectivity index (χ4v) is 5.26. The van der Waals surface area contributed by atoms with E-state index in [0.29, 0.717) is 27.2 Å². The molecule has 5 atom stereocenters. The second kappa shape index (κ2) is 11.1. The third kappa shape index (κ3) is 6.41. The molecule has 0 aliphatic carbocycles. The van der Waals surface area contributed by atoms with Crippen LogP contribution >= 0.6 is 0 Å². The quantitative estimate of drug-likeness (QED) is 0.390. The van der Waals surface area contributed by atoms with Gasteiger partial charge < -0.3 is 33.4 Å². The van der Waals surface area contributed by atoms with Crippen molar-refractivity contribution in [3.8, 4) is 0 Å². The van der Waals surface area contributed by atoms with Crippen molar-refractivity contribution in [3.05, 3.63) is 53.6 Å². The normalized spacial score (nSPS) is 23.8. The number of rotatable bonds is 4. The molecule has 2 fully saturated rings. The summed E-state index contributed by atoms with van der Waals surface area (Å²) in [4.78, 5) is 36.4. The molecule has 0 spiro atoms. The van der Waals surface area contributed by atoms with Crippen molar-refractivity contribution < 1.29 is 42.8 Å². The van der Waals surface area contributed by atoms with Crippen LogP contribution in [0.1, 0.15) is 79.0 Å². The number of aromatic nitrogens is 3. The number of nitrogens with zero attached hydrogens (tertiary/aromatic N) is 4. The summed E-state index contributed by atoms with van der Waals surface area (Å²) in [6, 6.07) is 7.29. The van der Waals surface area contributed by atoms with E-state index in [0.717, 1.165) is 0 Å². The number of halogens is 1. The van der Waals surface area contributed by atoms with E-state index < -0.39 is 65.6 Å². The van der Waals surface area contributed by atoms with Crippen LogP contribution in [0, 0.1) is 12.7 Å². The molecule has 1 N–H and O–H groups in total. The van der Waals surface area contributed by atoms with Gasteiger partial charge >= 0.3 is 12.2 Å². The van der Waals surface area contributed by atoms with Crippen LogP contribution in [0.3, 0.4) is 0 Å². The molecule has 3 aromatic rings. The van der Waals surface area contributed by atoms with Crippen molar-refractivity contribution in [3.63, 3.8) is 0 Å². The molecule has 12 nitrogen and oxygen atoms in total.